The number of H-pyrrole nitrogens is 1. The quantitative estimate of drug-likeness (QED) is 0.0959. The van der Waals surface area contributed by atoms with Crippen molar-refractivity contribution in [2.24, 2.45) is 0 Å². The van der Waals surface area contributed by atoms with Crippen molar-refractivity contribution in [3.05, 3.63) is 132 Å². The van der Waals surface area contributed by atoms with E-state index in [1.807, 2.05) is 37.3 Å². The van der Waals surface area contributed by atoms with E-state index < -0.39 is 36.2 Å². The maximum atomic E-state index is 15.4. The summed E-state index contributed by atoms with van der Waals surface area (Å²) >= 11 is 0. The number of phenolic OH excluding ortho intramolecular Hbond substituents is 2. The monoisotopic (exact) mass is 896 g/mol. The number of aromatic nitrogens is 5. The molecule has 4 aliphatic rings. The highest BCUT2D eigenvalue weighted by Crippen LogP contribution is 2.45. The molecule has 18 heteroatoms. The second-order valence-electron chi connectivity index (χ2n) is 17.2. The average Bonchev–Trinajstić information content (AvgIpc) is 3.88. The number of phenols is 2. The van der Waals surface area contributed by atoms with Crippen molar-refractivity contribution in [3.63, 3.8) is 0 Å². The summed E-state index contributed by atoms with van der Waals surface area (Å²) in [6.45, 7) is 5.86. The Labute approximate surface area is 375 Å². The van der Waals surface area contributed by atoms with E-state index in [0.29, 0.717) is 83.7 Å². The molecule has 0 spiro atoms. The molecule has 3 aliphatic heterocycles. The number of hydrogen-bond donors (Lipinski definition) is 5. The van der Waals surface area contributed by atoms with Gasteiger partial charge in [-0.25, -0.2) is 28.6 Å². The molecule has 66 heavy (non-hydrogen) atoms. The zero-order valence-corrected chi connectivity index (χ0v) is 36.2. The number of aromatic hydroxyl groups is 2. The molecule has 3 aromatic carbocycles. The summed E-state index contributed by atoms with van der Waals surface area (Å²) in [7, 11) is 0. The Balaban J connectivity index is 0.801. The molecule has 2 amide bonds. The Morgan fingerprint density at radius 2 is 1.83 bits per heavy atom. The molecular weight excluding hydrogens is 852 g/mol. The van der Waals surface area contributed by atoms with E-state index in [2.05, 4.69) is 20.8 Å². The van der Waals surface area contributed by atoms with E-state index in [9.17, 15) is 34.2 Å². The van der Waals surface area contributed by atoms with E-state index in [1.54, 1.807) is 41.5 Å². The predicted octanol–water partition coefficient (Wildman–Crippen LogP) is 4.95. The predicted molar refractivity (Wildman–Crippen MR) is 238 cm³/mol. The summed E-state index contributed by atoms with van der Waals surface area (Å²) in [5.41, 5.74) is 6.54. The molecule has 0 saturated heterocycles. The van der Waals surface area contributed by atoms with E-state index >= 15 is 4.39 Å². The Morgan fingerprint density at radius 1 is 1.03 bits per heavy atom. The van der Waals surface area contributed by atoms with Crippen LogP contribution in [0.3, 0.4) is 0 Å². The van der Waals surface area contributed by atoms with Gasteiger partial charge in [-0.2, -0.15) is 5.10 Å². The van der Waals surface area contributed by atoms with Crippen LogP contribution in [0, 0.1) is 19.7 Å². The fraction of sp³-hybridized carbons (Fsp3) is 0.312. The van der Waals surface area contributed by atoms with Gasteiger partial charge in [0.25, 0.3) is 11.5 Å². The maximum absolute atomic E-state index is 15.4. The molecule has 0 radical (unpaired) electrons. The number of esters is 1. The van der Waals surface area contributed by atoms with E-state index in [4.69, 9.17) is 14.5 Å². The van der Waals surface area contributed by atoms with Gasteiger partial charge in [0.05, 0.1) is 52.2 Å². The van der Waals surface area contributed by atoms with Crippen LogP contribution in [0.25, 0.3) is 39.4 Å². The molecule has 6 aromatic rings. The fourth-order valence-electron chi connectivity index (χ4n) is 9.78. The van der Waals surface area contributed by atoms with Crippen LogP contribution in [0.2, 0.25) is 0 Å². The van der Waals surface area contributed by atoms with Crippen molar-refractivity contribution in [2.75, 3.05) is 19.7 Å². The fourth-order valence-corrected chi connectivity index (χ4v) is 9.78. The van der Waals surface area contributed by atoms with Gasteiger partial charge in [0.1, 0.15) is 23.9 Å². The number of alkyl carbamates (subject to hydrolysis) is 1. The number of fused-ring (bicyclic) bond motifs is 5. The minimum absolute atomic E-state index is 0.0809. The van der Waals surface area contributed by atoms with Crippen LogP contribution in [0.5, 0.6) is 11.5 Å². The van der Waals surface area contributed by atoms with E-state index in [1.165, 1.54) is 16.7 Å². The molecule has 6 heterocycles. The SMILES string of the molecule is CCC1C(=O)OCc2c1cc1n(c2=O)Cc2c-1nc1cc(F)c(C)c3c1c2C(NC(=O)OCC(=O)N1CC=CC(NCc2ccc(-n4c(-c5cc(C)c(O)cc5O)n[nH]c4=O)cc2)C1)CC3. The van der Waals surface area contributed by atoms with E-state index in [-0.39, 0.29) is 59.5 Å². The standard InChI is InChI=1S/C48H45FN8O9/c1-4-28-30-15-37-43-32(20-56(37)45(61)33(30)21-65-46(28)62)42-35(12-11-29-24(3)34(49)16-36(51-43)41(29)42)52-48(64)66-22-40(60)55-13-5-6-26(19-55)50-18-25-7-9-27(10-8-25)57-44(53-54-47(57)63)31-14-23(2)38(58)17-39(31)59/h5-10,14-17,26,28,35,50,58-59H,4,11-13,18-22H2,1-3H3,(H,52,64)(H,54,63). The zero-order chi connectivity index (χ0) is 46.1. The van der Waals surface area contributed by atoms with Crippen LogP contribution < -0.4 is 21.9 Å². The summed E-state index contributed by atoms with van der Waals surface area (Å²) in [6.07, 6.45) is 4.34. The molecule has 1 aliphatic carbocycles. The topological polar surface area (TPSA) is 223 Å². The van der Waals surface area contributed by atoms with Crippen LogP contribution in [0.1, 0.15) is 76.2 Å². The molecule has 0 fully saturated rings. The van der Waals surface area contributed by atoms with Gasteiger partial charge in [0.15, 0.2) is 12.4 Å². The number of aryl methyl sites for hydroxylation is 2. The van der Waals surface area contributed by atoms with Gasteiger partial charge in [-0.3, -0.25) is 14.4 Å². The number of hydrogen-bond acceptors (Lipinski definition) is 12. The molecular formula is C48H45FN8O9. The highest BCUT2D eigenvalue weighted by molar-refractivity contribution is 5.93. The molecule has 3 aromatic heterocycles. The molecule has 3 atom stereocenters. The largest absolute Gasteiger partial charge is 0.508 e. The number of benzene rings is 3. The molecule has 5 N–H and O–H groups in total. The number of rotatable bonds is 9. The minimum atomic E-state index is -0.801. The summed E-state index contributed by atoms with van der Waals surface area (Å²) in [6, 6.07) is 12.3. The highest BCUT2D eigenvalue weighted by atomic mass is 19.1. The zero-order valence-electron chi connectivity index (χ0n) is 36.2. The summed E-state index contributed by atoms with van der Waals surface area (Å²) < 4.78 is 29.2. The number of aromatic amines is 1. The number of amides is 2. The Kier molecular flexibility index (Phi) is 10.5. The third kappa shape index (κ3) is 7.17. The van der Waals surface area contributed by atoms with Crippen molar-refractivity contribution in [1.29, 1.82) is 0 Å². The lowest BCUT2D eigenvalue weighted by Crippen LogP contribution is -2.47. The molecule has 3 unspecified atom stereocenters. The second-order valence-corrected chi connectivity index (χ2v) is 17.2. The van der Waals surface area contributed by atoms with Gasteiger partial charge in [-0.15, -0.1) is 0 Å². The first kappa shape index (κ1) is 42.4. The molecule has 10 rings (SSSR count). The first-order valence-electron chi connectivity index (χ1n) is 21.8. The van der Waals surface area contributed by atoms with Crippen LogP contribution in [0.15, 0.2) is 70.3 Å². The summed E-state index contributed by atoms with van der Waals surface area (Å²) in [5.74, 6) is -1.90. The van der Waals surface area contributed by atoms with Crippen molar-refractivity contribution >= 4 is 28.9 Å². The number of carbonyl (C=O) groups excluding carboxylic acids is 3. The maximum Gasteiger partial charge on any atom is 0.408 e. The van der Waals surface area contributed by atoms with Crippen molar-refractivity contribution < 1.29 is 38.5 Å². The van der Waals surface area contributed by atoms with Gasteiger partial charge in [-0.05, 0) is 90.8 Å². The Morgan fingerprint density at radius 3 is 2.62 bits per heavy atom. The average molecular weight is 897 g/mol. The molecule has 338 valence electrons. The van der Waals surface area contributed by atoms with Crippen molar-refractivity contribution in [1.82, 2.24) is 39.8 Å². The normalized spacial score (nSPS) is 18.2. The Bertz CT molecular complexity index is 3190. The van der Waals surface area contributed by atoms with Gasteiger partial charge in [0, 0.05) is 48.8 Å². The second kappa shape index (κ2) is 16.4. The smallest absolute Gasteiger partial charge is 0.408 e. The van der Waals surface area contributed by atoms with Crippen LogP contribution in [-0.4, -0.2) is 83.1 Å². The number of pyridine rings is 2. The number of ether oxygens (including phenoxy) is 2. The number of cyclic esters (lactones) is 1. The van der Waals surface area contributed by atoms with Crippen molar-refractivity contribution in [2.45, 2.75) is 77.7 Å². The Hall–Kier alpha value is -7.60. The van der Waals surface area contributed by atoms with Crippen molar-refractivity contribution in [3.8, 4) is 40.0 Å². The number of nitrogens with one attached hydrogen (secondary N) is 3. The van der Waals surface area contributed by atoms with E-state index in [0.717, 1.165) is 27.6 Å². The molecule has 0 bridgehead atoms. The lowest BCUT2D eigenvalue weighted by molar-refractivity contribution is -0.148. The lowest BCUT2D eigenvalue weighted by Gasteiger charge is -2.30. The first-order chi connectivity index (χ1) is 31.8. The van der Waals surface area contributed by atoms with Gasteiger partial charge in [0.2, 0.25) is 0 Å². The summed E-state index contributed by atoms with van der Waals surface area (Å²) in [5, 5.41) is 34.1. The molecule has 0 saturated carbocycles. The van der Waals surface area contributed by atoms with Gasteiger partial charge < -0.3 is 39.8 Å². The molecule has 17 nitrogen and oxygen atoms in total. The minimum Gasteiger partial charge on any atom is -0.508 e. The third-order valence-electron chi connectivity index (χ3n) is 13.3. The highest BCUT2D eigenvalue weighted by Gasteiger charge is 2.38. The van der Waals surface area contributed by atoms with Gasteiger partial charge in [-0.1, -0.05) is 31.2 Å². The number of halogens is 1. The van der Waals surface area contributed by atoms with Crippen LogP contribution in [-0.2, 0) is 45.2 Å². The first-order valence-corrected chi connectivity index (χ1v) is 21.8. The number of nitrogens with zero attached hydrogens (tertiary/aromatic N) is 5. The number of carbonyl (C=O) groups is 3. The third-order valence-corrected chi connectivity index (χ3v) is 13.3. The van der Waals surface area contributed by atoms with Crippen LogP contribution >= 0.6 is 0 Å². The summed E-state index contributed by atoms with van der Waals surface area (Å²) in [4.78, 5) is 72.9. The van der Waals surface area contributed by atoms with Gasteiger partial charge >= 0.3 is 17.8 Å². The lowest BCUT2D eigenvalue weighted by atomic mass is 9.81. The van der Waals surface area contributed by atoms with Crippen LogP contribution in [0.4, 0.5) is 9.18 Å².